The van der Waals surface area contributed by atoms with E-state index >= 15 is 0 Å². The van der Waals surface area contributed by atoms with Gasteiger partial charge in [-0.1, -0.05) is 0 Å². The molecule has 11 N–H and O–H groups in total. The van der Waals surface area contributed by atoms with E-state index in [0.29, 0.717) is 0 Å². The van der Waals surface area contributed by atoms with Crippen LogP contribution in [0.15, 0.2) is 0 Å². The van der Waals surface area contributed by atoms with Crippen molar-refractivity contribution in [3.8, 4) is 0 Å². The molecule has 0 spiro atoms. The zero-order valence-corrected chi connectivity index (χ0v) is 5.50. The summed E-state index contributed by atoms with van der Waals surface area (Å²) in [5.41, 5.74) is 0. The molecule has 0 aliphatic rings. The lowest BCUT2D eigenvalue weighted by Gasteiger charge is -1.77. The van der Waals surface area contributed by atoms with Gasteiger partial charge in [0.1, 0.15) is 0 Å². The van der Waals surface area contributed by atoms with Crippen LogP contribution in [-0.2, 0) is 4.79 Å². The van der Waals surface area contributed by atoms with Crippen molar-refractivity contribution in [2.45, 2.75) is 6.92 Å². The molecule has 0 rings (SSSR count). The molecule has 0 fully saturated rings. The first-order chi connectivity index (χ1) is 3.73. The van der Waals surface area contributed by atoms with Crippen LogP contribution in [0.2, 0.25) is 0 Å². The Labute approximate surface area is 52.9 Å². The van der Waals surface area contributed by atoms with Crippen molar-refractivity contribution in [1.82, 2.24) is 6.15 Å². The van der Waals surface area contributed by atoms with Crippen LogP contribution in [0.3, 0.4) is 0 Å². The quantitative estimate of drug-likeness (QED) is 0.181. The Morgan fingerprint density at radius 1 is 1.44 bits per heavy atom. The second-order valence-corrected chi connectivity index (χ2v) is 0.492. The predicted octanol–water partition coefficient (Wildman–Crippen LogP) is -2.71. The molecular formula is C2H14N4O3. The van der Waals surface area contributed by atoms with Crippen LogP contribution in [0.25, 0.3) is 0 Å². The van der Waals surface area contributed by atoms with Crippen molar-refractivity contribution in [1.29, 1.82) is 0 Å². The molecule has 0 aliphatic heterocycles. The van der Waals surface area contributed by atoms with Crippen LogP contribution in [0.5, 0.6) is 0 Å². The van der Waals surface area contributed by atoms with Crippen molar-refractivity contribution < 1.29 is 15.1 Å². The summed E-state index contributed by atoms with van der Waals surface area (Å²) in [6.45, 7) is 0.972. The van der Waals surface area contributed by atoms with Gasteiger partial charge in [0.15, 0.2) is 0 Å². The van der Waals surface area contributed by atoms with Gasteiger partial charge in [-0.3, -0.25) is 11.7 Å². The van der Waals surface area contributed by atoms with Crippen molar-refractivity contribution >= 4 is 5.97 Å². The first-order valence-electron chi connectivity index (χ1n) is 1.50. The summed E-state index contributed by atoms with van der Waals surface area (Å²) >= 11 is 0. The summed E-state index contributed by atoms with van der Waals surface area (Å²) in [5, 5.41) is 15.4. The molecule has 7 heteroatoms. The summed E-state index contributed by atoms with van der Waals surface area (Å²) in [4.78, 5) is 8.89. The van der Waals surface area contributed by atoms with Gasteiger partial charge < -0.3 is 21.3 Å². The largest absolute Gasteiger partial charge is 0.550 e. The van der Waals surface area contributed by atoms with Crippen LogP contribution in [0, 0.1) is 0 Å². The summed E-state index contributed by atoms with van der Waals surface area (Å²) < 4.78 is 0. The number of carbonyl (C=O) groups excluding carboxylic acids is 1. The molecule has 0 aromatic heterocycles. The van der Waals surface area contributed by atoms with Crippen molar-refractivity contribution in [3.63, 3.8) is 0 Å². The maximum atomic E-state index is 8.89. The van der Waals surface area contributed by atoms with E-state index in [2.05, 4.69) is 17.6 Å². The summed E-state index contributed by atoms with van der Waals surface area (Å²) in [5.74, 6) is 10.4. The molecule has 0 amide bonds. The standard InChI is InChI=1S/C2H4O2.H4N2.H3NO.H3N/c1-2(3)4;2*1-2;/h1H3,(H,3,4);1-2H2;2H,1H2;1H3. The number of hydrogen-bond donors (Lipinski definition) is 5. The summed E-state index contributed by atoms with van der Waals surface area (Å²) in [6.07, 6.45) is 0. The average molecular weight is 142 g/mol. The highest BCUT2D eigenvalue weighted by atomic mass is 16.4. The molecule has 0 heterocycles. The molecule has 0 aromatic rings. The van der Waals surface area contributed by atoms with Gasteiger partial charge in [-0.2, -0.15) is 0 Å². The Morgan fingerprint density at radius 2 is 1.44 bits per heavy atom. The summed E-state index contributed by atoms with van der Waals surface area (Å²) in [7, 11) is 0. The predicted molar refractivity (Wildman–Crippen MR) is 31.0 cm³/mol. The smallest absolute Gasteiger partial charge is 0.0383 e. The van der Waals surface area contributed by atoms with Crippen LogP contribution >= 0.6 is 0 Å². The van der Waals surface area contributed by atoms with Crippen molar-refractivity contribution in [3.05, 3.63) is 0 Å². The van der Waals surface area contributed by atoms with E-state index < -0.39 is 5.97 Å². The van der Waals surface area contributed by atoms with Crippen LogP contribution in [0.4, 0.5) is 0 Å². The normalized spacial score (nSPS) is 4.11. The zero-order valence-electron chi connectivity index (χ0n) is 5.50. The lowest BCUT2D eigenvalue weighted by Crippen LogP contribution is -2.16. The Morgan fingerprint density at radius 3 is 1.44 bits per heavy atom. The molecular weight excluding hydrogens is 128 g/mol. The van der Waals surface area contributed by atoms with Gasteiger partial charge in [0.05, 0.1) is 0 Å². The molecule has 0 saturated carbocycles. The number of nitrogens with two attached hydrogens (primary N) is 3. The number of carbonyl (C=O) groups is 1. The fraction of sp³-hybridized carbons (Fsp3) is 0.500. The lowest BCUT2D eigenvalue weighted by molar-refractivity contribution is -0.302. The molecule has 7 nitrogen and oxygen atoms in total. The fourth-order valence-electron chi connectivity index (χ4n) is 0. The van der Waals surface area contributed by atoms with Gasteiger partial charge in [0, 0.05) is 5.97 Å². The molecule has 60 valence electrons. The highest BCUT2D eigenvalue weighted by Gasteiger charge is 1.46. The molecule has 0 aromatic carbocycles. The minimum absolute atomic E-state index is 0. The summed E-state index contributed by atoms with van der Waals surface area (Å²) in [6, 6.07) is 0. The number of hydrogen-bond acceptors (Lipinski definition) is 6. The number of aliphatic carboxylic acids is 1. The van der Waals surface area contributed by atoms with Gasteiger partial charge in [-0.05, 0) is 6.92 Å². The average Bonchev–Trinajstić information content (AvgIpc) is 1.75. The second kappa shape index (κ2) is 55.5. The van der Waals surface area contributed by atoms with Crippen LogP contribution in [-0.4, -0.2) is 11.2 Å². The van der Waals surface area contributed by atoms with Gasteiger partial charge in [-0.25, -0.2) is 5.90 Å². The zero-order chi connectivity index (χ0) is 7.58. The number of carboxylic acid groups (broad SMARTS) is 1. The third kappa shape index (κ3) is 379. The topological polar surface area (TPSA) is 175 Å². The number of carboxylic acids is 1. The van der Waals surface area contributed by atoms with Gasteiger partial charge >= 0.3 is 0 Å². The highest BCUT2D eigenvalue weighted by Crippen LogP contribution is 1.31. The maximum absolute atomic E-state index is 8.89. The molecule has 0 bridgehead atoms. The molecule has 0 unspecified atom stereocenters. The van der Waals surface area contributed by atoms with Crippen molar-refractivity contribution in [2.75, 3.05) is 0 Å². The van der Waals surface area contributed by atoms with E-state index in [1.165, 1.54) is 0 Å². The maximum Gasteiger partial charge on any atom is 0.0383 e. The van der Waals surface area contributed by atoms with Gasteiger partial charge in [-0.15, -0.1) is 0 Å². The monoisotopic (exact) mass is 142 g/mol. The second-order valence-electron chi connectivity index (χ2n) is 0.492. The first kappa shape index (κ1) is 24.0. The van der Waals surface area contributed by atoms with E-state index in [9.17, 15) is 0 Å². The minimum atomic E-state index is -1.08. The first-order valence-corrected chi connectivity index (χ1v) is 1.50. The molecule has 0 aliphatic carbocycles. The number of rotatable bonds is 0. The van der Waals surface area contributed by atoms with E-state index in [-0.39, 0.29) is 6.15 Å². The van der Waals surface area contributed by atoms with Crippen LogP contribution < -0.4 is 28.8 Å². The Hall–Kier alpha value is -0.730. The Bertz CT molecular complexity index is 36.8. The van der Waals surface area contributed by atoms with Gasteiger partial charge in [0.25, 0.3) is 0 Å². The minimum Gasteiger partial charge on any atom is -0.550 e. The van der Waals surface area contributed by atoms with Crippen LogP contribution in [0.1, 0.15) is 6.92 Å². The number of hydrazine groups is 1. The van der Waals surface area contributed by atoms with E-state index in [0.717, 1.165) is 6.92 Å². The Kier molecular flexibility index (Phi) is 148. The Balaban J connectivity index is -0.0000000221. The van der Waals surface area contributed by atoms with E-state index in [4.69, 9.17) is 15.1 Å². The van der Waals surface area contributed by atoms with Gasteiger partial charge in [0.2, 0.25) is 0 Å². The molecule has 0 atom stereocenters. The molecule has 0 saturated heterocycles. The van der Waals surface area contributed by atoms with E-state index in [1.54, 1.807) is 0 Å². The van der Waals surface area contributed by atoms with E-state index in [1.807, 2.05) is 0 Å². The molecule has 9 heavy (non-hydrogen) atoms. The lowest BCUT2D eigenvalue weighted by atomic mass is 10.9. The third-order valence-electron chi connectivity index (χ3n) is 0. The number of quaternary nitrogens is 1. The fourth-order valence-corrected chi connectivity index (χ4v) is 0. The highest BCUT2D eigenvalue weighted by molar-refractivity contribution is 5.60. The molecule has 0 radical (unpaired) electrons. The third-order valence-corrected chi connectivity index (χ3v) is 0. The SMILES string of the molecule is CC(=O)[O-].NN.NO.[NH4+]. The van der Waals surface area contributed by atoms with Crippen molar-refractivity contribution in [2.24, 2.45) is 17.6 Å².